The highest BCUT2D eigenvalue weighted by atomic mass is 32.2. The zero-order chi connectivity index (χ0) is 25.1. The molecule has 0 saturated heterocycles. The zero-order valence-corrected chi connectivity index (χ0v) is 20.5. The number of nitrogens with zero attached hydrogens (tertiary/aromatic N) is 1. The number of anilines is 1. The van der Waals surface area contributed by atoms with Crippen LogP contribution >= 0.6 is 0 Å². The van der Waals surface area contributed by atoms with Gasteiger partial charge in [-0.3, -0.25) is 9.10 Å². The Hall–Kier alpha value is -3.92. The second-order valence-corrected chi connectivity index (χ2v) is 10.2. The predicted octanol–water partition coefficient (Wildman–Crippen LogP) is 3.30. The lowest BCUT2D eigenvalue weighted by atomic mass is 10.1. The van der Waals surface area contributed by atoms with Crippen LogP contribution in [0.1, 0.15) is 18.5 Å². The monoisotopic (exact) mass is 510 g/mol. The van der Waals surface area contributed by atoms with E-state index < -0.39 is 28.5 Å². The maximum absolute atomic E-state index is 13.6. The van der Waals surface area contributed by atoms with Crippen molar-refractivity contribution in [3.63, 3.8) is 0 Å². The topological polar surface area (TPSA) is 103 Å². The van der Waals surface area contributed by atoms with Crippen molar-refractivity contribution in [1.29, 1.82) is 0 Å². The van der Waals surface area contributed by atoms with E-state index in [1.165, 1.54) is 12.1 Å². The number of sulfonamides is 1. The quantitative estimate of drug-likeness (QED) is 0.520. The molecular weight excluding hydrogens is 484 g/mol. The third-order valence-electron chi connectivity index (χ3n) is 5.88. The van der Waals surface area contributed by atoms with Gasteiger partial charge in [0.2, 0.25) is 5.91 Å². The molecule has 1 N–H and O–H groups in total. The van der Waals surface area contributed by atoms with Crippen molar-refractivity contribution < 1.29 is 32.2 Å². The van der Waals surface area contributed by atoms with Crippen molar-refractivity contribution in [2.75, 3.05) is 37.3 Å². The van der Waals surface area contributed by atoms with E-state index in [0.29, 0.717) is 55.1 Å². The van der Waals surface area contributed by atoms with Crippen molar-refractivity contribution in [2.45, 2.75) is 17.9 Å². The molecule has 9 nitrogen and oxygen atoms in total. The molecule has 1 atom stereocenters. The van der Waals surface area contributed by atoms with Crippen LogP contribution in [0, 0.1) is 0 Å². The Balaban J connectivity index is 1.40. The van der Waals surface area contributed by atoms with Gasteiger partial charge in [0.25, 0.3) is 10.0 Å². The molecule has 3 aromatic rings. The zero-order valence-electron chi connectivity index (χ0n) is 19.7. The Morgan fingerprint density at radius 1 is 0.833 bits per heavy atom. The van der Waals surface area contributed by atoms with Crippen LogP contribution in [0.3, 0.4) is 0 Å². The summed E-state index contributed by atoms with van der Waals surface area (Å²) in [6.07, 6.45) is 0. The molecular formula is C26H26N2O7S. The lowest BCUT2D eigenvalue weighted by Crippen LogP contribution is -2.41. The highest BCUT2D eigenvalue weighted by Crippen LogP contribution is 2.36. The molecule has 2 aliphatic heterocycles. The Kier molecular flexibility index (Phi) is 6.60. The van der Waals surface area contributed by atoms with Crippen LogP contribution in [0.2, 0.25) is 0 Å². The molecule has 3 aromatic carbocycles. The normalized spacial score (nSPS) is 15.0. The van der Waals surface area contributed by atoms with E-state index in [-0.39, 0.29) is 4.90 Å². The minimum absolute atomic E-state index is 0.0765. The molecule has 188 valence electrons. The SMILES string of the molecule is C[C@H](NC(=O)CN(c1ccc2c(c1)OCCO2)S(=O)(=O)c1ccccc1)c1ccc2c(c1)OCCO2. The summed E-state index contributed by atoms with van der Waals surface area (Å²) >= 11 is 0. The standard InChI is InChI=1S/C26H26N2O7S/c1-18(19-7-9-22-24(15-19)34-13-11-32-22)27-26(29)17-28(36(30,31)21-5-3-2-4-6-21)20-8-10-23-25(16-20)35-14-12-33-23/h2-10,15-16,18H,11-14,17H2,1H3,(H,27,29)/t18-/m0/s1. The number of hydrogen-bond donors (Lipinski definition) is 1. The van der Waals surface area contributed by atoms with E-state index in [1.807, 2.05) is 19.1 Å². The first kappa shape index (κ1) is 23.8. The van der Waals surface area contributed by atoms with Gasteiger partial charge in [-0.05, 0) is 48.9 Å². The molecule has 0 unspecified atom stereocenters. The molecule has 0 saturated carbocycles. The average molecular weight is 511 g/mol. The molecule has 0 aromatic heterocycles. The second kappa shape index (κ2) is 9.98. The van der Waals surface area contributed by atoms with Crippen LogP contribution in [0.4, 0.5) is 5.69 Å². The van der Waals surface area contributed by atoms with Gasteiger partial charge < -0.3 is 24.3 Å². The minimum Gasteiger partial charge on any atom is -0.486 e. The van der Waals surface area contributed by atoms with Gasteiger partial charge in [0.15, 0.2) is 23.0 Å². The van der Waals surface area contributed by atoms with Crippen LogP contribution in [-0.4, -0.2) is 47.3 Å². The third kappa shape index (κ3) is 4.90. The van der Waals surface area contributed by atoms with Gasteiger partial charge in [-0.2, -0.15) is 0 Å². The molecule has 10 heteroatoms. The lowest BCUT2D eigenvalue weighted by Gasteiger charge is -2.27. The summed E-state index contributed by atoms with van der Waals surface area (Å²) in [7, 11) is -4.05. The highest BCUT2D eigenvalue weighted by molar-refractivity contribution is 7.92. The highest BCUT2D eigenvalue weighted by Gasteiger charge is 2.29. The number of fused-ring (bicyclic) bond motifs is 2. The largest absolute Gasteiger partial charge is 0.486 e. The van der Waals surface area contributed by atoms with E-state index in [1.54, 1.807) is 42.5 Å². The van der Waals surface area contributed by atoms with Crippen molar-refractivity contribution in [1.82, 2.24) is 5.32 Å². The Morgan fingerprint density at radius 2 is 1.42 bits per heavy atom. The predicted molar refractivity (Wildman–Crippen MR) is 132 cm³/mol. The van der Waals surface area contributed by atoms with E-state index in [4.69, 9.17) is 18.9 Å². The first-order valence-corrected chi connectivity index (χ1v) is 13.0. The molecule has 2 heterocycles. The summed E-state index contributed by atoms with van der Waals surface area (Å²) in [6.45, 7) is 3.12. The van der Waals surface area contributed by atoms with E-state index in [2.05, 4.69) is 5.32 Å². The van der Waals surface area contributed by atoms with Gasteiger partial charge >= 0.3 is 0 Å². The molecule has 0 radical (unpaired) electrons. The van der Waals surface area contributed by atoms with Crippen molar-refractivity contribution in [2.24, 2.45) is 0 Å². The Bertz CT molecular complexity index is 1360. The van der Waals surface area contributed by atoms with Gasteiger partial charge in [-0.1, -0.05) is 24.3 Å². The number of hydrogen-bond acceptors (Lipinski definition) is 7. The van der Waals surface area contributed by atoms with Crippen LogP contribution in [-0.2, 0) is 14.8 Å². The minimum atomic E-state index is -4.05. The second-order valence-electron chi connectivity index (χ2n) is 8.34. The summed E-state index contributed by atoms with van der Waals surface area (Å²) in [5.74, 6) is 1.76. The van der Waals surface area contributed by atoms with Crippen molar-refractivity contribution in [3.8, 4) is 23.0 Å². The first-order valence-electron chi connectivity index (χ1n) is 11.6. The van der Waals surface area contributed by atoms with Crippen molar-refractivity contribution >= 4 is 21.6 Å². The fraction of sp³-hybridized carbons (Fsp3) is 0.269. The number of rotatable bonds is 7. The number of nitrogens with one attached hydrogen (secondary N) is 1. The van der Waals surface area contributed by atoms with E-state index in [9.17, 15) is 13.2 Å². The lowest BCUT2D eigenvalue weighted by molar-refractivity contribution is -0.120. The molecule has 0 spiro atoms. The number of carbonyl (C=O) groups is 1. The number of amides is 1. The maximum Gasteiger partial charge on any atom is 0.264 e. The number of carbonyl (C=O) groups excluding carboxylic acids is 1. The summed E-state index contributed by atoms with van der Waals surface area (Å²) in [4.78, 5) is 13.2. The summed E-state index contributed by atoms with van der Waals surface area (Å²) in [5, 5.41) is 2.89. The van der Waals surface area contributed by atoms with Gasteiger partial charge in [-0.15, -0.1) is 0 Å². The fourth-order valence-electron chi connectivity index (χ4n) is 4.05. The Labute approximate surface area is 209 Å². The summed E-state index contributed by atoms with van der Waals surface area (Å²) in [5.41, 5.74) is 1.11. The molecule has 5 rings (SSSR count). The first-order chi connectivity index (χ1) is 17.4. The summed E-state index contributed by atoms with van der Waals surface area (Å²) in [6, 6.07) is 17.9. The van der Waals surface area contributed by atoms with Gasteiger partial charge in [0, 0.05) is 6.07 Å². The molecule has 2 aliphatic rings. The molecule has 36 heavy (non-hydrogen) atoms. The van der Waals surface area contributed by atoms with Crippen LogP contribution < -0.4 is 28.6 Å². The summed E-state index contributed by atoms with van der Waals surface area (Å²) < 4.78 is 50.7. The average Bonchev–Trinajstić information content (AvgIpc) is 2.91. The molecule has 1 amide bonds. The van der Waals surface area contributed by atoms with Gasteiger partial charge in [0.1, 0.15) is 33.0 Å². The fourth-order valence-corrected chi connectivity index (χ4v) is 5.49. The van der Waals surface area contributed by atoms with Crippen LogP contribution in [0.15, 0.2) is 71.6 Å². The van der Waals surface area contributed by atoms with Gasteiger partial charge in [-0.25, -0.2) is 8.42 Å². The van der Waals surface area contributed by atoms with E-state index >= 15 is 0 Å². The number of benzene rings is 3. The van der Waals surface area contributed by atoms with Gasteiger partial charge in [0.05, 0.1) is 16.6 Å². The van der Waals surface area contributed by atoms with Crippen LogP contribution in [0.5, 0.6) is 23.0 Å². The van der Waals surface area contributed by atoms with Crippen LogP contribution in [0.25, 0.3) is 0 Å². The molecule has 0 bridgehead atoms. The Morgan fingerprint density at radius 3 is 2.08 bits per heavy atom. The van der Waals surface area contributed by atoms with Crippen molar-refractivity contribution in [3.05, 3.63) is 72.3 Å². The third-order valence-corrected chi connectivity index (χ3v) is 7.66. The smallest absolute Gasteiger partial charge is 0.264 e. The molecule has 0 aliphatic carbocycles. The maximum atomic E-state index is 13.6. The van der Waals surface area contributed by atoms with E-state index in [0.717, 1.165) is 9.87 Å². The number of ether oxygens (including phenoxy) is 4. The molecule has 0 fully saturated rings.